The highest BCUT2D eigenvalue weighted by Crippen LogP contribution is 1.98. The minimum Gasteiger partial charge on any atom is -0.466 e. The summed E-state index contributed by atoms with van der Waals surface area (Å²) in [7, 11) is 0. The summed E-state index contributed by atoms with van der Waals surface area (Å²) >= 11 is 0. The number of carbonyl (C=O) groups excluding carboxylic acids is 1. The molecule has 0 fully saturated rings. The van der Waals surface area contributed by atoms with E-state index in [4.69, 9.17) is 10.00 Å². The molecular formula is C10H15NO2. The number of nitriles is 1. The van der Waals surface area contributed by atoms with Crippen molar-refractivity contribution in [3.63, 3.8) is 0 Å². The van der Waals surface area contributed by atoms with Gasteiger partial charge >= 0.3 is 5.97 Å². The highest BCUT2D eigenvalue weighted by molar-refractivity contribution is 5.69. The van der Waals surface area contributed by atoms with Crippen LogP contribution in [0.1, 0.15) is 32.1 Å². The van der Waals surface area contributed by atoms with Gasteiger partial charge in [-0.1, -0.05) is 6.08 Å². The molecule has 0 rings (SSSR count). The molecular weight excluding hydrogens is 166 g/mol. The van der Waals surface area contributed by atoms with Crippen LogP contribution in [0.2, 0.25) is 0 Å². The molecule has 0 aromatic heterocycles. The van der Waals surface area contributed by atoms with Gasteiger partial charge in [0.25, 0.3) is 0 Å². The monoisotopic (exact) mass is 181 g/mol. The fraction of sp³-hybridized carbons (Fsp3) is 0.600. The molecule has 0 bridgehead atoms. The molecule has 0 unspecified atom stereocenters. The predicted octanol–water partition coefficient (Wildman–Crippen LogP) is 2.19. The summed E-state index contributed by atoms with van der Waals surface area (Å²) < 4.78 is 4.87. The normalized spacial score (nSPS) is 8.85. The topological polar surface area (TPSA) is 50.1 Å². The minimum absolute atomic E-state index is 0.181. The van der Waals surface area contributed by atoms with E-state index in [0.29, 0.717) is 25.9 Å². The van der Waals surface area contributed by atoms with Crippen molar-refractivity contribution in [3.8, 4) is 6.07 Å². The number of hydrogen-bond donors (Lipinski definition) is 0. The van der Waals surface area contributed by atoms with E-state index in [-0.39, 0.29) is 5.97 Å². The fourth-order valence-corrected chi connectivity index (χ4v) is 0.800. The predicted molar refractivity (Wildman–Crippen MR) is 49.9 cm³/mol. The zero-order chi connectivity index (χ0) is 9.94. The summed E-state index contributed by atoms with van der Waals surface area (Å²) in [6.07, 6.45) is 4.93. The fourth-order valence-electron chi connectivity index (χ4n) is 0.800. The summed E-state index contributed by atoms with van der Waals surface area (Å²) in [6.45, 7) is 3.92. The number of unbranched alkanes of at least 4 members (excludes halogenated alkanes) is 2. The lowest BCUT2D eigenvalue weighted by Gasteiger charge is -2.01. The van der Waals surface area contributed by atoms with E-state index in [1.165, 1.54) is 0 Å². The quantitative estimate of drug-likeness (QED) is 0.343. The third-order valence-electron chi connectivity index (χ3n) is 1.49. The molecule has 0 amide bonds. The second-order valence-electron chi connectivity index (χ2n) is 2.66. The van der Waals surface area contributed by atoms with Gasteiger partial charge in [-0.05, 0) is 19.3 Å². The average molecular weight is 181 g/mol. The Kier molecular flexibility index (Phi) is 7.91. The Hall–Kier alpha value is -1.30. The maximum atomic E-state index is 10.9. The van der Waals surface area contributed by atoms with Crippen LogP contribution in [-0.4, -0.2) is 12.6 Å². The van der Waals surface area contributed by atoms with E-state index < -0.39 is 0 Å². The molecule has 13 heavy (non-hydrogen) atoms. The lowest BCUT2D eigenvalue weighted by molar-refractivity contribution is -0.143. The smallest absolute Gasteiger partial charge is 0.305 e. The van der Waals surface area contributed by atoms with Crippen LogP contribution in [0.4, 0.5) is 0 Å². The molecule has 0 aliphatic heterocycles. The van der Waals surface area contributed by atoms with Gasteiger partial charge < -0.3 is 4.74 Å². The SMILES string of the molecule is C=CCCCC(=O)OCCCC#N. The van der Waals surface area contributed by atoms with E-state index >= 15 is 0 Å². The highest BCUT2D eigenvalue weighted by Gasteiger charge is 2.00. The van der Waals surface area contributed by atoms with Gasteiger partial charge in [-0.3, -0.25) is 4.79 Å². The number of ether oxygens (including phenoxy) is 1. The molecule has 3 heteroatoms. The molecule has 0 saturated heterocycles. The summed E-state index contributed by atoms with van der Waals surface area (Å²) in [5.41, 5.74) is 0. The number of hydrogen-bond acceptors (Lipinski definition) is 3. The van der Waals surface area contributed by atoms with Crippen molar-refractivity contribution in [3.05, 3.63) is 12.7 Å². The van der Waals surface area contributed by atoms with Crippen LogP contribution < -0.4 is 0 Å². The second kappa shape index (κ2) is 8.79. The van der Waals surface area contributed by atoms with Crippen LogP contribution in [-0.2, 0) is 9.53 Å². The molecule has 0 aliphatic carbocycles. The average Bonchev–Trinajstić information content (AvgIpc) is 2.13. The molecule has 0 N–H and O–H groups in total. The largest absolute Gasteiger partial charge is 0.466 e. The molecule has 72 valence electrons. The van der Waals surface area contributed by atoms with Crippen LogP contribution >= 0.6 is 0 Å². The first-order chi connectivity index (χ1) is 6.31. The summed E-state index contributed by atoms with van der Waals surface area (Å²) in [5.74, 6) is -0.181. The Bertz CT molecular complexity index is 194. The van der Waals surface area contributed by atoms with E-state index in [2.05, 4.69) is 6.58 Å². The summed E-state index contributed by atoms with van der Waals surface area (Å²) in [5, 5.41) is 8.20. The zero-order valence-corrected chi connectivity index (χ0v) is 7.79. The molecule has 3 nitrogen and oxygen atoms in total. The molecule has 0 aromatic rings. The van der Waals surface area contributed by atoms with Crippen LogP contribution in [0, 0.1) is 11.3 Å². The van der Waals surface area contributed by atoms with Gasteiger partial charge in [0.15, 0.2) is 0 Å². The number of carbonyl (C=O) groups is 1. The van der Waals surface area contributed by atoms with Crippen molar-refractivity contribution in [2.75, 3.05) is 6.61 Å². The standard InChI is InChI=1S/C10H15NO2/c1-2-3-4-7-10(12)13-9-6-5-8-11/h2H,1,3-7,9H2. The molecule has 0 saturated carbocycles. The Morgan fingerprint density at radius 2 is 2.31 bits per heavy atom. The maximum absolute atomic E-state index is 10.9. The van der Waals surface area contributed by atoms with Crippen molar-refractivity contribution in [1.29, 1.82) is 5.26 Å². The lowest BCUT2D eigenvalue weighted by Crippen LogP contribution is -2.05. The zero-order valence-electron chi connectivity index (χ0n) is 7.79. The van der Waals surface area contributed by atoms with Gasteiger partial charge in [0.2, 0.25) is 0 Å². The van der Waals surface area contributed by atoms with Gasteiger partial charge in [-0.15, -0.1) is 6.58 Å². The Morgan fingerprint density at radius 3 is 2.92 bits per heavy atom. The summed E-state index contributed by atoms with van der Waals surface area (Å²) in [6, 6.07) is 1.99. The number of allylic oxidation sites excluding steroid dienone is 1. The molecule has 0 aliphatic rings. The van der Waals surface area contributed by atoms with E-state index in [0.717, 1.165) is 12.8 Å². The third kappa shape index (κ3) is 8.61. The first kappa shape index (κ1) is 11.7. The molecule has 0 spiro atoms. The van der Waals surface area contributed by atoms with Gasteiger partial charge in [-0.2, -0.15) is 5.26 Å². The molecule has 0 aromatic carbocycles. The number of rotatable bonds is 7. The van der Waals surface area contributed by atoms with Crippen LogP contribution in [0.3, 0.4) is 0 Å². The maximum Gasteiger partial charge on any atom is 0.305 e. The Labute approximate surface area is 79.0 Å². The van der Waals surface area contributed by atoms with Crippen molar-refractivity contribution >= 4 is 5.97 Å². The van der Waals surface area contributed by atoms with Crippen molar-refractivity contribution in [2.45, 2.75) is 32.1 Å². The highest BCUT2D eigenvalue weighted by atomic mass is 16.5. The molecule has 0 heterocycles. The van der Waals surface area contributed by atoms with Gasteiger partial charge in [-0.25, -0.2) is 0 Å². The van der Waals surface area contributed by atoms with E-state index in [9.17, 15) is 4.79 Å². The van der Waals surface area contributed by atoms with Crippen LogP contribution in [0.15, 0.2) is 12.7 Å². The van der Waals surface area contributed by atoms with E-state index in [1.807, 2.05) is 6.07 Å². The van der Waals surface area contributed by atoms with Gasteiger partial charge in [0.05, 0.1) is 12.7 Å². The Balaban J connectivity index is 3.21. The second-order valence-corrected chi connectivity index (χ2v) is 2.66. The Morgan fingerprint density at radius 1 is 1.54 bits per heavy atom. The lowest BCUT2D eigenvalue weighted by atomic mass is 10.2. The molecule has 0 atom stereocenters. The summed E-state index contributed by atoms with van der Waals surface area (Å²) in [4.78, 5) is 10.9. The van der Waals surface area contributed by atoms with Crippen molar-refractivity contribution < 1.29 is 9.53 Å². The van der Waals surface area contributed by atoms with Crippen LogP contribution in [0.25, 0.3) is 0 Å². The number of esters is 1. The molecule has 0 radical (unpaired) electrons. The van der Waals surface area contributed by atoms with E-state index in [1.54, 1.807) is 6.08 Å². The first-order valence-electron chi connectivity index (χ1n) is 4.44. The number of nitrogens with zero attached hydrogens (tertiary/aromatic N) is 1. The van der Waals surface area contributed by atoms with Gasteiger partial charge in [0.1, 0.15) is 0 Å². The third-order valence-corrected chi connectivity index (χ3v) is 1.49. The van der Waals surface area contributed by atoms with Crippen molar-refractivity contribution in [2.24, 2.45) is 0 Å². The van der Waals surface area contributed by atoms with Crippen molar-refractivity contribution in [1.82, 2.24) is 0 Å². The minimum atomic E-state index is -0.181. The van der Waals surface area contributed by atoms with Crippen LogP contribution in [0.5, 0.6) is 0 Å². The first-order valence-corrected chi connectivity index (χ1v) is 4.44. The van der Waals surface area contributed by atoms with Gasteiger partial charge in [0, 0.05) is 12.8 Å².